The van der Waals surface area contributed by atoms with Crippen LogP contribution in [-0.2, 0) is 0 Å². The number of anilines is 1. The van der Waals surface area contributed by atoms with Gasteiger partial charge < -0.3 is 15.0 Å². The second-order valence-corrected chi connectivity index (χ2v) is 4.03. The van der Waals surface area contributed by atoms with Crippen LogP contribution in [0.25, 0.3) is 11.3 Å². The molecule has 0 unspecified atom stereocenters. The first-order valence-corrected chi connectivity index (χ1v) is 5.91. The van der Waals surface area contributed by atoms with E-state index in [1.54, 1.807) is 24.9 Å². The second-order valence-electron chi connectivity index (χ2n) is 3.19. The first kappa shape index (κ1) is 10.9. The van der Waals surface area contributed by atoms with Crippen LogP contribution in [0.15, 0.2) is 33.7 Å². The van der Waals surface area contributed by atoms with Gasteiger partial charge in [-0.05, 0) is 24.5 Å². The number of nitrogens with two attached hydrogens (primary N) is 1. The molecule has 0 saturated carbocycles. The molecule has 0 radical (unpaired) electrons. The van der Waals surface area contributed by atoms with Gasteiger partial charge in [-0.1, -0.05) is 5.16 Å². The molecule has 0 saturated heterocycles. The standard InChI is InChI=1S/C11H12N2O2S/c1-14-9-5-7(3-4-10(9)16-2)8-6-11(12)13-15-8/h3-6H,1-2H3,(H2,12,13). The molecule has 0 bridgehead atoms. The minimum absolute atomic E-state index is 0.378. The van der Waals surface area contributed by atoms with Gasteiger partial charge in [0.15, 0.2) is 11.6 Å². The van der Waals surface area contributed by atoms with Crippen LogP contribution in [0.1, 0.15) is 0 Å². The maximum Gasteiger partial charge on any atom is 0.169 e. The third-order valence-corrected chi connectivity index (χ3v) is 2.97. The highest BCUT2D eigenvalue weighted by molar-refractivity contribution is 7.98. The number of nitrogens with zero attached hydrogens (tertiary/aromatic N) is 1. The number of ether oxygens (including phenoxy) is 1. The quantitative estimate of drug-likeness (QED) is 0.830. The Kier molecular flexibility index (Phi) is 3.05. The summed E-state index contributed by atoms with van der Waals surface area (Å²) in [5.74, 6) is 1.84. The first-order valence-electron chi connectivity index (χ1n) is 4.69. The number of hydrogen-bond donors (Lipinski definition) is 1. The van der Waals surface area contributed by atoms with Gasteiger partial charge >= 0.3 is 0 Å². The van der Waals surface area contributed by atoms with Crippen LogP contribution in [0.2, 0.25) is 0 Å². The van der Waals surface area contributed by atoms with Gasteiger partial charge in [-0.25, -0.2) is 0 Å². The normalized spacial score (nSPS) is 10.4. The van der Waals surface area contributed by atoms with Crippen molar-refractivity contribution in [1.29, 1.82) is 0 Å². The predicted molar refractivity (Wildman–Crippen MR) is 64.7 cm³/mol. The van der Waals surface area contributed by atoms with Gasteiger partial charge in [-0.3, -0.25) is 0 Å². The number of methoxy groups -OCH3 is 1. The van der Waals surface area contributed by atoms with Crippen molar-refractivity contribution < 1.29 is 9.26 Å². The molecule has 0 amide bonds. The van der Waals surface area contributed by atoms with E-state index in [0.717, 1.165) is 16.2 Å². The van der Waals surface area contributed by atoms with E-state index in [1.807, 2.05) is 24.5 Å². The summed E-state index contributed by atoms with van der Waals surface area (Å²) in [5.41, 5.74) is 6.40. The van der Waals surface area contributed by atoms with Crippen LogP contribution in [0.5, 0.6) is 5.75 Å². The lowest BCUT2D eigenvalue weighted by atomic mass is 10.1. The van der Waals surface area contributed by atoms with Crippen molar-refractivity contribution in [2.75, 3.05) is 19.1 Å². The lowest BCUT2D eigenvalue weighted by Gasteiger charge is -2.06. The van der Waals surface area contributed by atoms with E-state index in [4.69, 9.17) is 15.0 Å². The molecular formula is C11H12N2O2S. The number of thioether (sulfide) groups is 1. The minimum Gasteiger partial charge on any atom is -0.496 e. The summed E-state index contributed by atoms with van der Waals surface area (Å²) >= 11 is 1.63. The fourth-order valence-corrected chi connectivity index (χ4v) is 1.96. The highest BCUT2D eigenvalue weighted by atomic mass is 32.2. The molecule has 0 aliphatic rings. The average Bonchev–Trinajstić information content (AvgIpc) is 2.75. The monoisotopic (exact) mass is 236 g/mol. The molecule has 0 spiro atoms. The fraction of sp³-hybridized carbons (Fsp3) is 0.182. The van der Waals surface area contributed by atoms with Crippen LogP contribution in [-0.4, -0.2) is 18.5 Å². The Bertz CT molecular complexity index is 496. The van der Waals surface area contributed by atoms with Crippen LogP contribution in [0, 0.1) is 0 Å². The lowest BCUT2D eigenvalue weighted by molar-refractivity contribution is 0.404. The molecule has 0 aliphatic carbocycles. The minimum atomic E-state index is 0.378. The van der Waals surface area contributed by atoms with Gasteiger partial charge in [0, 0.05) is 16.5 Å². The number of aromatic nitrogens is 1. The molecule has 2 rings (SSSR count). The highest BCUT2D eigenvalue weighted by Crippen LogP contribution is 2.32. The summed E-state index contributed by atoms with van der Waals surface area (Å²) in [6.45, 7) is 0. The summed E-state index contributed by atoms with van der Waals surface area (Å²) in [5, 5.41) is 3.65. The van der Waals surface area contributed by atoms with E-state index in [2.05, 4.69) is 5.16 Å². The smallest absolute Gasteiger partial charge is 0.169 e. The first-order chi connectivity index (χ1) is 7.74. The predicted octanol–water partition coefficient (Wildman–Crippen LogP) is 2.65. The van der Waals surface area contributed by atoms with E-state index in [9.17, 15) is 0 Å². The number of nitrogen functional groups attached to an aromatic ring is 1. The summed E-state index contributed by atoms with van der Waals surface area (Å²) in [6, 6.07) is 7.53. The Balaban J connectivity index is 2.43. The molecule has 84 valence electrons. The zero-order valence-corrected chi connectivity index (χ0v) is 9.88. The third kappa shape index (κ3) is 1.99. The van der Waals surface area contributed by atoms with Gasteiger partial charge in [0.25, 0.3) is 0 Å². The lowest BCUT2D eigenvalue weighted by Crippen LogP contribution is -1.86. The summed E-state index contributed by atoms with van der Waals surface area (Å²) < 4.78 is 10.4. The van der Waals surface area contributed by atoms with Crippen molar-refractivity contribution in [3.63, 3.8) is 0 Å². The molecule has 16 heavy (non-hydrogen) atoms. The maximum atomic E-state index is 5.50. The fourth-order valence-electron chi connectivity index (χ4n) is 1.41. The Morgan fingerprint density at radius 2 is 2.19 bits per heavy atom. The number of benzene rings is 1. The third-order valence-electron chi connectivity index (χ3n) is 2.20. The van der Waals surface area contributed by atoms with Crippen molar-refractivity contribution in [1.82, 2.24) is 5.16 Å². The Hall–Kier alpha value is -1.62. The molecule has 1 aromatic carbocycles. The molecule has 2 N–H and O–H groups in total. The molecule has 0 fully saturated rings. The van der Waals surface area contributed by atoms with E-state index >= 15 is 0 Å². The largest absolute Gasteiger partial charge is 0.496 e. The van der Waals surface area contributed by atoms with Crippen LogP contribution in [0.4, 0.5) is 5.82 Å². The van der Waals surface area contributed by atoms with E-state index in [-0.39, 0.29) is 0 Å². The van der Waals surface area contributed by atoms with Crippen LogP contribution >= 0.6 is 11.8 Å². The van der Waals surface area contributed by atoms with Gasteiger partial charge in [-0.15, -0.1) is 11.8 Å². The van der Waals surface area contributed by atoms with Crippen molar-refractivity contribution in [2.45, 2.75) is 4.90 Å². The van der Waals surface area contributed by atoms with Crippen molar-refractivity contribution in [3.8, 4) is 17.1 Å². The molecule has 4 nitrogen and oxygen atoms in total. The Morgan fingerprint density at radius 3 is 2.75 bits per heavy atom. The number of rotatable bonds is 3. The highest BCUT2D eigenvalue weighted by Gasteiger charge is 2.08. The molecule has 1 heterocycles. The summed E-state index contributed by atoms with van der Waals surface area (Å²) in [7, 11) is 1.65. The van der Waals surface area contributed by atoms with Crippen molar-refractivity contribution in [2.24, 2.45) is 0 Å². The van der Waals surface area contributed by atoms with E-state index in [1.165, 1.54) is 0 Å². The van der Waals surface area contributed by atoms with Gasteiger partial charge in [0.2, 0.25) is 0 Å². The second kappa shape index (κ2) is 4.49. The Labute approximate surface area is 97.8 Å². The van der Waals surface area contributed by atoms with Crippen molar-refractivity contribution >= 4 is 17.6 Å². The SMILES string of the molecule is COc1cc(-c2cc(N)no2)ccc1SC. The zero-order valence-electron chi connectivity index (χ0n) is 9.06. The van der Waals surface area contributed by atoms with E-state index in [0.29, 0.717) is 11.6 Å². The van der Waals surface area contributed by atoms with Crippen LogP contribution < -0.4 is 10.5 Å². The molecular weight excluding hydrogens is 224 g/mol. The molecule has 1 aromatic heterocycles. The zero-order chi connectivity index (χ0) is 11.5. The average molecular weight is 236 g/mol. The molecule has 0 aliphatic heterocycles. The summed E-state index contributed by atoms with van der Waals surface area (Å²) in [6.07, 6.45) is 2.00. The van der Waals surface area contributed by atoms with Crippen molar-refractivity contribution in [3.05, 3.63) is 24.3 Å². The molecule has 0 atom stereocenters. The van der Waals surface area contributed by atoms with Gasteiger partial charge in [-0.2, -0.15) is 0 Å². The molecule has 5 heteroatoms. The van der Waals surface area contributed by atoms with E-state index < -0.39 is 0 Å². The molecule has 2 aromatic rings. The topological polar surface area (TPSA) is 61.3 Å². The maximum absolute atomic E-state index is 5.50. The summed E-state index contributed by atoms with van der Waals surface area (Å²) in [4.78, 5) is 1.08. The number of hydrogen-bond acceptors (Lipinski definition) is 5. The van der Waals surface area contributed by atoms with Gasteiger partial charge in [0.1, 0.15) is 5.75 Å². The Morgan fingerprint density at radius 1 is 1.38 bits per heavy atom. The van der Waals surface area contributed by atoms with Gasteiger partial charge in [0.05, 0.1) is 7.11 Å². The van der Waals surface area contributed by atoms with Crippen LogP contribution in [0.3, 0.4) is 0 Å².